The number of esters is 2. The number of likely N-dealkylation sites (tertiary alicyclic amines) is 1. The molecule has 0 aliphatic carbocycles. The van der Waals surface area contributed by atoms with E-state index in [-0.39, 0.29) is 59.4 Å². The van der Waals surface area contributed by atoms with E-state index in [1.807, 2.05) is 43.1 Å². The summed E-state index contributed by atoms with van der Waals surface area (Å²) in [5.74, 6) is -2.06. The quantitative estimate of drug-likeness (QED) is 0.0630. The Bertz CT molecular complexity index is 3190. The van der Waals surface area contributed by atoms with Crippen LogP contribution in [0.4, 0.5) is 26.3 Å². The highest BCUT2D eigenvalue weighted by Gasteiger charge is 2.38. The van der Waals surface area contributed by atoms with Gasteiger partial charge in [0.2, 0.25) is 0 Å². The molecule has 3 aliphatic rings. The summed E-state index contributed by atoms with van der Waals surface area (Å²) in [4.78, 5) is 41.1. The van der Waals surface area contributed by atoms with Crippen molar-refractivity contribution in [2.24, 2.45) is 25.9 Å². The Hall–Kier alpha value is -8.05. The number of fused-ring (bicyclic) bond motifs is 2. The van der Waals surface area contributed by atoms with Crippen molar-refractivity contribution in [1.29, 1.82) is 10.5 Å². The summed E-state index contributed by atoms with van der Waals surface area (Å²) in [6.07, 6.45) is -5.49. The van der Waals surface area contributed by atoms with Crippen molar-refractivity contribution in [3.05, 3.63) is 71.0 Å². The number of nitrogens with zero attached hydrogens (tertiary/aromatic N) is 11. The van der Waals surface area contributed by atoms with E-state index in [0.29, 0.717) is 42.8 Å². The van der Waals surface area contributed by atoms with Gasteiger partial charge >= 0.3 is 30.3 Å². The van der Waals surface area contributed by atoms with Crippen molar-refractivity contribution in [2.75, 3.05) is 66.8 Å². The molecular weight excluding hydrogens is 1070 g/mol. The minimum Gasteiger partial charge on any atom is -0.493 e. The van der Waals surface area contributed by atoms with E-state index in [0.717, 1.165) is 79.0 Å². The predicted molar refractivity (Wildman–Crippen MR) is 271 cm³/mol. The highest BCUT2D eigenvalue weighted by molar-refractivity contribution is 5.85. The third-order valence-electron chi connectivity index (χ3n) is 13.1. The smallest absolute Gasteiger partial charge is 0.490 e. The van der Waals surface area contributed by atoms with Crippen LogP contribution in [-0.2, 0) is 48.9 Å². The van der Waals surface area contributed by atoms with Crippen LogP contribution < -0.4 is 14.8 Å². The number of rotatable bonds is 14. The fourth-order valence-electron chi connectivity index (χ4n) is 8.59. The number of carboxylic acids is 1. The van der Waals surface area contributed by atoms with Crippen LogP contribution in [0.1, 0.15) is 61.0 Å². The third kappa shape index (κ3) is 16.7. The molecule has 3 saturated heterocycles. The molecule has 428 valence electrons. The summed E-state index contributed by atoms with van der Waals surface area (Å²) in [5, 5.41) is 54.9. The molecule has 4 aromatic heterocycles. The summed E-state index contributed by atoms with van der Waals surface area (Å²) in [6, 6.07) is 17.3. The number of halogens is 6. The van der Waals surface area contributed by atoms with Crippen LogP contribution in [0.3, 0.4) is 0 Å². The Morgan fingerprint density at radius 1 is 0.775 bits per heavy atom. The van der Waals surface area contributed by atoms with Gasteiger partial charge in [-0.2, -0.15) is 36.9 Å². The van der Waals surface area contributed by atoms with E-state index in [9.17, 15) is 51.6 Å². The normalized spacial score (nSPS) is 16.1. The molecule has 6 aromatic rings. The lowest BCUT2D eigenvalue weighted by Gasteiger charge is -2.32. The number of hydrogen-bond acceptors (Lipinski definition) is 19. The first-order chi connectivity index (χ1) is 38.0. The van der Waals surface area contributed by atoms with Crippen molar-refractivity contribution < 1.29 is 74.6 Å². The number of epoxide rings is 1. The first kappa shape index (κ1) is 61.2. The van der Waals surface area contributed by atoms with Gasteiger partial charge < -0.3 is 44.1 Å². The minimum absolute atomic E-state index is 0.0228. The number of pyridine rings is 2. The number of carbonyl (C=O) groups is 3. The van der Waals surface area contributed by atoms with Crippen molar-refractivity contribution >= 4 is 40.0 Å². The zero-order chi connectivity index (χ0) is 58.3. The number of nitriles is 2. The molecule has 2 atom stereocenters. The zero-order valence-electron chi connectivity index (χ0n) is 44.2. The average molecular weight is 1130 g/mol. The van der Waals surface area contributed by atoms with Gasteiger partial charge in [0, 0.05) is 31.8 Å². The molecule has 9 rings (SSSR count). The lowest BCUT2D eigenvalue weighted by molar-refractivity contribution is -0.192. The number of aliphatic hydroxyl groups excluding tert-OH is 1. The monoisotopic (exact) mass is 1120 g/mol. The Morgan fingerprint density at radius 2 is 1.26 bits per heavy atom. The van der Waals surface area contributed by atoms with Gasteiger partial charge in [-0.05, 0) is 138 Å². The van der Waals surface area contributed by atoms with Crippen LogP contribution in [0.15, 0.2) is 48.5 Å². The molecule has 0 unspecified atom stereocenters. The second-order valence-electron chi connectivity index (χ2n) is 18.7. The lowest BCUT2D eigenvalue weighted by atomic mass is 9.94. The summed E-state index contributed by atoms with van der Waals surface area (Å²) < 4.78 is 102. The van der Waals surface area contributed by atoms with E-state index in [1.54, 1.807) is 17.8 Å². The number of benzene rings is 2. The summed E-state index contributed by atoms with van der Waals surface area (Å²) in [5.41, 5.74) is 4.55. The van der Waals surface area contributed by atoms with Gasteiger partial charge in [-0.15, -0.1) is 10.2 Å². The number of ether oxygens (including phenoxy) is 5. The fourth-order valence-corrected chi connectivity index (χ4v) is 8.59. The van der Waals surface area contributed by atoms with E-state index in [4.69, 9.17) is 19.4 Å². The van der Waals surface area contributed by atoms with Crippen LogP contribution in [0.2, 0.25) is 0 Å². The van der Waals surface area contributed by atoms with E-state index < -0.39 is 36.0 Å². The second kappa shape index (κ2) is 27.7. The van der Waals surface area contributed by atoms with Crippen molar-refractivity contribution in [3.8, 4) is 46.2 Å². The van der Waals surface area contributed by atoms with Gasteiger partial charge in [0.05, 0.1) is 62.0 Å². The van der Waals surface area contributed by atoms with Crippen LogP contribution in [0.5, 0.6) is 11.5 Å². The fraction of sp³-hybridized carbons (Fsp3) is 0.481. The Labute approximate surface area is 454 Å². The molecule has 0 radical (unpaired) electrons. The van der Waals surface area contributed by atoms with Crippen molar-refractivity contribution in [1.82, 2.24) is 50.2 Å². The molecule has 0 saturated carbocycles. The number of methoxy groups -OCH3 is 2. The van der Waals surface area contributed by atoms with Crippen LogP contribution in [0, 0.1) is 41.4 Å². The van der Waals surface area contributed by atoms with Gasteiger partial charge in [-0.3, -0.25) is 0 Å². The zero-order valence-corrected chi connectivity index (χ0v) is 44.2. The Balaban J connectivity index is 0.000000213. The molecule has 3 fully saturated rings. The van der Waals surface area contributed by atoms with Gasteiger partial charge in [-0.1, -0.05) is 10.4 Å². The molecule has 22 nitrogen and oxygen atoms in total. The summed E-state index contributed by atoms with van der Waals surface area (Å²) in [7, 11) is 6.00. The molecule has 7 heterocycles. The van der Waals surface area contributed by atoms with Crippen molar-refractivity contribution in [2.45, 2.75) is 70.0 Å². The first-order valence-electron chi connectivity index (χ1n) is 25.0. The maximum Gasteiger partial charge on any atom is 0.490 e. The Morgan fingerprint density at radius 3 is 1.70 bits per heavy atom. The number of aliphatic hydroxyl groups is 1. The molecule has 80 heavy (non-hydrogen) atoms. The number of aliphatic carboxylic acids is 1. The van der Waals surface area contributed by atoms with E-state index in [1.165, 1.54) is 43.9 Å². The molecule has 3 N–H and O–H groups in total. The predicted octanol–water partition coefficient (Wildman–Crippen LogP) is 6.11. The molecule has 0 amide bonds. The summed E-state index contributed by atoms with van der Waals surface area (Å²) in [6.45, 7) is 7.18. The number of aromatic nitrogens is 8. The topological polar surface area (TPSA) is 291 Å². The van der Waals surface area contributed by atoms with E-state index in [2.05, 4.69) is 62.3 Å². The SMILES string of the molecule is COC(=O)[C@@H](O)CN1CCC(CCOc2ccc(-c3cc4c(nnn4C)c(C#N)n3)cc2C(F)(F)F)CC1.COC(=O)[C@@H]1CO1.Cc1cc(-c2cc3c(nnn3C)c(C#N)n2)ccc1OCCC1CCNCC1.O=C(O)C(F)(F)F. The number of alkyl halides is 6. The number of aryl methyl sites for hydroxylation is 3. The highest BCUT2D eigenvalue weighted by Crippen LogP contribution is 2.39. The second-order valence-corrected chi connectivity index (χ2v) is 18.7. The molecule has 28 heteroatoms. The maximum absolute atomic E-state index is 13.9. The van der Waals surface area contributed by atoms with Crippen LogP contribution in [0.25, 0.3) is 44.6 Å². The molecule has 0 spiro atoms. The van der Waals surface area contributed by atoms with Gasteiger partial charge in [0.25, 0.3) is 0 Å². The maximum atomic E-state index is 13.9. The molecule has 0 bridgehead atoms. The number of hydrogen-bond donors (Lipinski definition) is 3. The summed E-state index contributed by atoms with van der Waals surface area (Å²) >= 11 is 0. The molecule has 3 aliphatic heterocycles. The van der Waals surface area contributed by atoms with E-state index >= 15 is 0 Å². The standard InChI is InChI=1S/C25H27F3N6O4.C21H24N6O.C4H6O3.C2HF3O2/c1-33-20-12-18(30-19(13-29)23(20)31-32-33)16-3-4-22(17(11-16)25(26,27)28)38-10-7-15-5-8-34(9-6-15)14-21(35)24(36)37-2;1-14-11-16(3-4-20(14)28-10-7-15-5-8-23-9-6-15)17-12-19-21(18(13-22)24-17)25-26-27(19)2;1-6-4(5)3-2-7-3;3-2(4,5)1(6)7/h3-4,11-12,15,21,35H,5-10,14H2,1-2H3;3-4,11-12,15,23H,5-10H2,1-2H3;3H,2H2,1H3;(H,6,7)/t21-;;3-;/m0.0./s1. The number of piperidine rings is 2. The first-order valence-corrected chi connectivity index (χ1v) is 25.0. The average Bonchev–Trinajstić information content (AvgIpc) is 4.14. The van der Waals surface area contributed by atoms with Crippen molar-refractivity contribution in [3.63, 3.8) is 0 Å². The van der Waals surface area contributed by atoms with Crippen LogP contribution in [-0.4, -0.2) is 158 Å². The largest absolute Gasteiger partial charge is 0.493 e. The van der Waals surface area contributed by atoms with Gasteiger partial charge in [0.15, 0.2) is 23.6 Å². The van der Waals surface area contributed by atoms with Gasteiger partial charge in [0.1, 0.15) is 34.7 Å². The molecule has 2 aromatic carbocycles. The number of nitrogens with one attached hydrogen (secondary N) is 1. The number of carboxylic acid groups (broad SMARTS) is 1. The highest BCUT2D eigenvalue weighted by atomic mass is 19.4. The third-order valence-corrected chi connectivity index (χ3v) is 13.1. The minimum atomic E-state index is -5.08. The molecular formula is C52H58F6N12O10. The number of carbonyl (C=O) groups excluding carboxylic acids is 2. The lowest BCUT2D eigenvalue weighted by Crippen LogP contribution is -2.42. The Kier molecular flexibility index (Phi) is 21.2. The number of β-amino-alcohol motifs (C(OH)–C–C–N with tert-alkyl or cyclic N) is 1. The van der Waals surface area contributed by atoms with Gasteiger partial charge in [-0.25, -0.2) is 33.7 Å². The van der Waals surface area contributed by atoms with Crippen LogP contribution >= 0.6 is 0 Å².